The van der Waals surface area contributed by atoms with Gasteiger partial charge in [-0.3, -0.25) is 9.59 Å². The van der Waals surface area contributed by atoms with Crippen molar-refractivity contribution in [3.8, 4) is 0 Å². The largest absolute Gasteiger partial charge is 0.339 e. The predicted molar refractivity (Wildman–Crippen MR) is 64.3 cm³/mol. The minimum absolute atomic E-state index is 0.114. The Balaban J connectivity index is 1.84. The molecule has 1 atom stereocenters. The fourth-order valence-electron chi connectivity index (χ4n) is 2.23. The van der Waals surface area contributed by atoms with Gasteiger partial charge in [-0.05, 0) is 12.2 Å². The molecule has 2 aliphatic heterocycles. The number of rotatable bonds is 1. The molecule has 2 rings (SSSR count). The maximum absolute atomic E-state index is 12.1. The van der Waals surface area contributed by atoms with Gasteiger partial charge in [0.2, 0.25) is 11.8 Å². The first-order chi connectivity index (χ1) is 7.68. The van der Waals surface area contributed by atoms with Crippen molar-refractivity contribution < 1.29 is 9.59 Å². The molecule has 2 fully saturated rings. The molecule has 0 aliphatic carbocycles. The highest BCUT2D eigenvalue weighted by Crippen LogP contribution is 2.25. The van der Waals surface area contributed by atoms with Crippen LogP contribution >= 0.6 is 11.8 Å². The van der Waals surface area contributed by atoms with Crippen LogP contribution in [0.15, 0.2) is 0 Å². The summed E-state index contributed by atoms with van der Waals surface area (Å²) in [5, 5.41) is 0. The Hall–Kier alpha value is -0.710. The Labute approximate surface area is 100 Å². The first kappa shape index (κ1) is 11.8. The van der Waals surface area contributed by atoms with E-state index in [9.17, 15) is 9.59 Å². The van der Waals surface area contributed by atoms with Crippen LogP contribution in [0.25, 0.3) is 0 Å². The molecule has 0 spiro atoms. The number of hydrogen-bond donors (Lipinski definition) is 0. The second-order valence-electron chi connectivity index (χ2n) is 4.39. The fraction of sp³-hybridized carbons (Fsp3) is 0.818. The molecule has 0 saturated carbocycles. The highest BCUT2D eigenvalue weighted by atomic mass is 32.2. The van der Waals surface area contributed by atoms with E-state index in [4.69, 9.17) is 0 Å². The topological polar surface area (TPSA) is 40.6 Å². The number of carbonyl (C=O) groups is 2. The van der Waals surface area contributed by atoms with Crippen molar-refractivity contribution >= 4 is 23.6 Å². The van der Waals surface area contributed by atoms with Crippen LogP contribution in [0.5, 0.6) is 0 Å². The van der Waals surface area contributed by atoms with Crippen LogP contribution in [-0.2, 0) is 9.59 Å². The predicted octanol–water partition coefficient (Wildman–Crippen LogP) is 0.430. The lowest BCUT2D eigenvalue weighted by atomic mass is 10.1. The smallest absolute Gasteiger partial charge is 0.226 e. The number of hydrogen-bond acceptors (Lipinski definition) is 3. The van der Waals surface area contributed by atoms with Gasteiger partial charge in [0.25, 0.3) is 0 Å². The fourth-order valence-corrected chi connectivity index (χ4v) is 3.44. The van der Waals surface area contributed by atoms with Gasteiger partial charge in [0.15, 0.2) is 0 Å². The van der Waals surface area contributed by atoms with Gasteiger partial charge >= 0.3 is 0 Å². The maximum Gasteiger partial charge on any atom is 0.226 e. The van der Waals surface area contributed by atoms with Crippen LogP contribution in [-0.4, -0.2) is 59.3 Å². The Bertz CT molecular complexity index is 282. The summed E-state index contributed by atoms with van der Waals surface area (Å²) in [5.74, 6) is 2.74. The van der Waals surface area contributed by atoms with Gasteiger partial charge in [0.05, 0.1) is 0 Å². The Kier molecular flexibility index (Phi) is 3.74. The van der Waals surface area contributed by atoms with Crippen molar-refractivity contribution in [2.75, 3.05) is 37.7 Å². The quantitative estimate of drug-likeness (QED) is 0.669. The van der Waals surface area contributed by atoms with Gasteiger partial charge in [-0.2, -0.15) is 11.8 Å². The molecule has 2 amide bonds. The number of piperazine rings is 1. The summed E-state index contributed by atoms with van der Waals surface area (Å²) in [4.78, 5) is 27.0. The summed E-state index contributed by atoms with van der Waals surface area (Å²) in [7, 11) is 0. The molecule has 2 heterocycles. The third-order valence-electron chi connectivity index (χ3n) is 3.32. The van der Waals surface area contributed by atoms with E-state index in [1.165, 1.54) is 0 Å². The molecule has 2 aliphatic rings. The SMILES string of the molecule is CC(=O)N1CCN(C(=O)C2CCSC2)CC1. The molecule has 0 aromatic heterocycles. The van der Waals surface area contributed by atoms with E-state index in [0.29, 0.717) is 32.1 Å². The van der Waals surface area contributed by atoms with Crippen LogP contribution in [0.2, 0.25) is 0 Å². The van der Waals surface area contributed by atoms with E-state index in [2.05, 4.69) is 0 Å². The second kappa shape index (κ2) is 5.08. The summed E-state index contributed by atoms with van der Waals surface area (Å²) in [6, 6.07) is 0. The van der Waals surface area contributed by atoms with E-state index in [1.807, 2.05) is 21.6 Å². The Morgan fingerprint density at radius 1 is 1.12 bits per heavy atom. The highest BCUT2D eigenvalue weighted by Gasteiger charge is 2.30. The third kappa shape index (κ3) is 2.51. The van der Waals surface area contributed by atoms with Crippen molar-refractivity contribution in [3.63, 3.8) is 0 Å². The lowest BCUT2D eigenvalue weighted by molar-refractivity contribution is -0.140. The first-order valence-corrected chi connectivity index (χ1v) is 6.96. The summed E-state index contributed by atoms with van der Waals surface area (Å²) in [6.07, 6.45) is 1.02. The van der Waals surface area contributed by atoms with E-state index in [0.717, 1.165) is 17.9 Å². The average molecular weight is 242 g/mol. The molecule has 2 saturated heterocycles. The molecule has 0 aromatic carbocycles. The van der Waals surface area contributed by atoms with Crippen LogP contribution in [0.3, 0.4) is 0 Å². The number of thioether (sulfide) groups is 1. The zero-order valence-electron chi connectivity index (χ0n) is 9.65. The number of carbonyl (C=O) groups excluding carboxylic acids is 2. The molecular weight excluding hydrogens is 224 g/mol. The van der Waals surface area contributed by atoms with E-state index in [-0.39, 0.29) is 11.8 Å². The molecule has 0 N–H and O–H groups in total. The van der Waals surface area contributed by atoms with Gasteiger partial charge < -0.3 is 9.80 Å². The van der Waals surface area contributed by atoms with Gasteiger partial charge in [-0.25, -0.2) is 0 Å². The number of amides is 2. The van der Waals surface area contributed by atoms with Crippen molar-refractivity contribution in [3.05, 3.63) is 0 Å². The summed E-state index contributed by atoms with van der Waals surface area (Å²) in [6.45, 7) is 4.39. The Morgan fingerprint density at radius 3 is 2.25 bits per heavy atom. The van der Waals surface area contributed by atoms with Gasteiger partial charge in [-0.1, -0.05) is 0 Å². The summed E-state index contributed by atoms with van der Waals surface area (Å²) in [5.41, 5.74) is 0. The molecule has 90 valence electrons. The van der Waals surface area contributed by atoms with Crippen LogP contribution in [0.4, 0.5) is 0 Å². The van der Waals surface area contributed by atoms with E-state index < -0.39 is 0 Å². The lowest BCUT2D eigenvalue weighted by Gasteiger charge is -2.35. The zero-order chi connectivity index (χ0) is 11.5. The first-order valence-electron chi connectivity index (χ1n) is 5.80. The molecule has 0 bridgehead atoms. The van der Waals surface area contributed by atoms with Gasteiger partial charge in [0, 0.05) is 44.8 Å². The molecule has 16 heavy (non-hydrogen) atoms. The van der Waals surface area contributed by atoms with Gasteiger partial charge in [-0.15, -0.1) is 0 Å². The monoisotopic (exact) mass is 242 g/mol. The molecule has 0 aromatic rings. The minimum Gasteiger partial charge on any atom is -0.339 e. The molecule has 5 heteroatoms. The van der Waals surface area contributed by atoms with Crippen molar-refractivity contribution in [1.82, 2.24) is 9.80 Å². The zero-order valence-corrected chi connectivity index (χ0v) is 10.5. The van der Waals surface area contributed by atoms with E-state index >= 15 is 0 Å². The van der Waals surface area contributed by atoms with Crippen molar-refractivity contribution in [2.45, 2.75) is 13.3 Å². The average Bonchev–Trinajstić information content (AvgIpc) is 2.81. The normalized spacial score (nSPS) is 25.9. The second-order valence-corrected chi connectivity index (χ2v) is 5.54. The van der Waals surface area contributed by atoms with Crippen LogP contribution in [0.1, 0.15) is 13.3 Å². The maximum atomic E-state index is 12.1. The summed E-state index contributed by atoms with van der Waals surface area (Å²) < 4.78 is 0. The third-order valence-corrected chi connectivity index (χ3v) is 4.48. The number of nitrogens with zero attached hydrogens (tertiary/aromatic N) is 2. The van der Waals surface area contributed by atoms with E-state index in [1.54, 1.807) is 6.92 Å². The molecule has 0 radical (unpaired) electrons. The van der Waals surface area contributed by atoms with Crippen molar-refractivity contribution in [1.29, 1.82) is 0 Å². The summed E-state index contributed by atoms with van der Waals surface area (Å²) >= 11 is 1.87. The highest BCUT2D eigenvalue weighted by molar-refractivity contribution is 7.99. The molecule has 1 unspecified atom stereocenters. The lowest BCUT2D eigenvalue weighted by Crippen LogP contribution is -2.51. The standard InChI is InChI=1S/C11H18N2O2S/c1-9(14)12-3-5-13(6-4-12)11(15)10-2-7-16-8-10/h10H,2-8H2,1H3. The Morgan fingerprint density at radius 2 is 1.75 bits per heavy atom. The van der Waals surface area contributed by atoms with Gasteiger partial charge in [0.1, 0.15) is 0 Å². The molecule has 4 nitrogen and oxygen atoms in total. The van der Waals surface area contributed by atoms with Crippen molar-refractivity contribution in [2.24, 2.45) is 5.92 Å². The van der Waals surface area contributed by atoms with Crippen LogP contribution < -0.4 is 0 Å². The van der Waals surface area contributed by atoms with Crippen LogP contribution in [0, 0.1) is 5.92 Å². The minimum atomic E-state index is 0.114. The molecular formula is C11H18N2O2S.